The molecule has 0 fully saturated rings. The van der Waals surface area contributed by atoms with E-state index in [-0.39, 0.29) is 5.56 Å². The molecule has 0 N–H and O–H groups in total. The SMILES string of the molecule is O=c1/c(=C/c2c(Cl)cccc2Cl)sc2nc(-c3ccccc3Br)nn12. The van der Waals surface area contributed by atoms with Crippen molar-refractivity contribution in [2.24, 2.45) is 0 Å². The monoisotopic (exact) mass is 451 g/mol. The van der Waals surface area contributed by atoms with Gasteiger partial charge >= 0.3 is 0 Å². The van der Waals surface area contributed by atoms with Crippen LogP contribution in [0.4, 0.5) is 0 Å². The van der Waals surface area contributed by atoms with E-state index in [0.717, 1.165) is 10.0 Å². The Morgan fingerprint density at radius 2 is 1.80 bits per heavy atom. The molecule has 8 heteroatoms. The standard InChI is InChI=1S/C17H8BrCl2N3OS/c18-11-5-2-1-4-9(11)15-21-17-23(22-15)16(24)14(25-17)8-10-12(19)6-3-7-13(10)20/h1-8H/b14-8-. The van der Waals surface area contributed by atoms with E-state index < -0.39 is 0 Å². The van der Waals surface area contributed by atoms with Crippen molar-refractivity contribution in [3.63, 3.8) is 0 Å². The summed E-state index contributed by atoms with van der Waals surface area (Å²) < 4.78 is 2.65. The summed E-state index contributed by atoms with van der Waals surface area (Å²) >= 11 is 17.1. The number of thiazole rings is 1. The fourth-order valence-electron chi connectivity index (χ4n) is 2.37. The van der Waals surface area contributed by atoms with Crippen LogP contribution in [0.2, 0.25) is 10.0 Å². The fraction of sp³-hybridized carbons (Fsp3) is 0. The maximum Gasteiger partial charge on any atom is 0.291 e. The number of nitrogens with zero attached hydrogens (tertiary/aromatic N) is 3. The van der Waals surface area contributed by atoms with Gasteiger partial charge in [0.1, 0.15) is 0 Å². The van der Waals surface area contributed by atoms with Crippen molar-refractivity contribution < 1.29 is 0 Å². The number of hydrogen-bond acceptors (Lipinski definition) is 4. The van der Waals surface area contributed by atoms with E-state index in [2.05, 4.69) is 26.0 Å². The molecule has 4 rings (SSSR count). The van der Waals surface area contributed by atoms with Gasteiger partial charge in [-0.3, -0.25) is 4.79 Å². The van der Waals surface area contributed by atoms with Crippen LogP contribution in [-0.2, 0) is 0 Å². The van der Waals surface area contributed by atoms with Crippen molar-refractivity contribution in [3.8, 4) is 11.4 Å². The van der Waals surface area contributed by atoms with Crippen LogP contribution in [-0.4, -0.2) is 14.6 Å². The Bertz CT molecular complexity index is 1200. The average Bonchev–Trinajstić information content (AvgIpc) is 3.11. The van der Waals surface area contributed by atoms with E-state index in [1.807, 2.05) is 24.3 Å². The summed E-state index contributed by atoms with van der Waals surface area (Å²) in [6.45, 7) is 0. The lowest BCUT2D eigenvalue weighted by Crippen LogP contribution is -2.23. The number of benzene rings is 2. The third-order valence-electron chi connectivity index (χ3n) is 3.57. The minimum absolute atomic E-state index is 0.248. The minimum Gasteiger partial charge on any atom is -0.266 e. The van der Waals surface area contributed by atoms with Crippen LogP contribution in [0.1, 0.15) is 5.56 Å². The Hall–Kier alpha value is -1.73. The summed E-state index contributed by atoms with van der Waals surface area (Å²) in [4.78, 5) is 17.6. The Morgan fingerprint density at radius 1 is 1.08 bits per heavy atom. The molecule has 0 aliphatic rings. The average molecular weight is 453 g/mol. The highest BCUT2D eigenvalue weighted by atomic mass is 79.9. The quantitative estimate of drug-likeness (QED) is 0.451. The van der Waals surface area contributed by atoms with Crippen molar-refractivity contribution in [1.29, 1.82) is 0 Å². The summed E-state index contributed by atoms with van der Waals surface area (Å²) in [7, 11) is 0. The van der Waals surface area contributed by atoms with Crippen molar-refractivity contribution in [1.82, 2.24) is 14.6 Å². The number of rotatable bonds is 2. The van der Waals surface area contributed by atoms with Crippen LogP contribution < -0.4 is 10.1 Å². The molecule has 0 amide bonds. The third kappa shape index (κ3) is 3.00. The summed E-state index contributed by atoms with van der Waals surface area (Å²) in [5.41, 5.74) is 1.19. The van der Waals surface area contributed by atoms with Crippen LogP contribution in [0.5, 0.6) is 0 Å². The van der Waals surface area contributed by atoms with Gasteiger partial charge in [0.25, 0.3) is 5.56 Å². The Kier molecular flexibility index (Phi) is 4.37. The van der Waals surface area contributed by atoms with Crippen LogP contribution >= 0.6 is 50.5 Å². The zero-order valence-corrected chi connectivity index (χ0v) is 16.3. The summed E-state index contributed by atoms with van der Waals surface area (Å²) in [6, 6.07) is 12.8. The predicted molar refractivity (Wildman–Crippen MR) is 106 cm³/mol. The van der Waals surface area contributed by atoms with E-state index in [9.17, 15) is 4.79 Å². The molecule has 124 valence electrons. The topological polar surface area (TPSA) is 47.3 Å². The van der Waals surface area contributed by atoms with E-state index in [4.69, 9.17) is 23.2 Å². The van der Waals surface area contributed by atoms with Gasteiger partial charge in [0.2, 0.25) is 4.96 Å². The molecule has 0 saturated heterocycles. The molecule has 0 bridgehead atoms. The molecule has 0 aliphatic heterocycles. The van der Waals surface area contributed by atoms with Gasteiger partial charge < -0.3 is 0 Å². The summed E-state index contributed by atoms with van der Waals surface area (Å²) in [6.07, 6.45) is 1.67. The molecule has 0 saturated carbocycles. The molecule has 2 aromatic carbocycles. The highest BCUT2D eigenvalue weighted by molar-refractivity contribution is 9.10. The van der Waals surface area contributed by atoms with Crippen LogP contribution in [0.3, 0.4) is 0 Å². The first-order valence-electron chi connectivity index (χ1n) is 7.15. The minimum atomic E-state index is -0.248. The predicted octanol–water partition coefficient (Wildman–Crippen LogP) is 4.44. The van der Waals surface area contributed by atoms with E-state index in [0.29, 0.717) is 30.9 Å². The van der Waals surface area contributed by atoms with E-state index >= 15 is 0 Å². The van der Waals surface area contributed by atoms with Gasteiger partial charge in [-0.05, 0) is 30.3 Å². The largest absolute Gasteiger partial charge is 0.291 e. The van der Waals surface area contributed by atoms with Crippen molar-refractivity contribution in [2.75, 3.05) is 0 Å². The first-order valence-corrected chi connectivity index (χ1v) is 9.51. The second-order valence-electron chi connectivity index (χ2n) is 5.16. The molecule has 0 aliphatic carbocycles. The number of hydrogen-bond donors (Lipinski definition) is 0. The lowest BCUT2D eigenvalue weighted by Gasteiger charge is -1.99. The van der Waals surface area contributed by atoms with Gasteiger partial charge in [-0.25, -0.2) is 0 Å². The normalized spacial score (nSPS) is 12.2. The number of fused-ring (bicyclic) bond motifs is 1. The third-order valence-corrected chi connectivity index (χ3v) is 5.88. The van der Waals surface area contributed by atoms with Gasteiger partial charge in [0.05, 0.1) is 4.53 Å². The van der Waals surface area contributed by atoms with Gasteiger partial charge in [-0.1, -0.05) is 68.7 Å². The lowest BCUT2D eigenvalue weighted by atomic mass is 10.2. The Morgan fingerprint density at radius 3 is 2.48 bits per heavy atom. The highest BCUT2D eigenvalue weighted by Crippen LogP contribution is 2.26. The second-order valence-corrected chi connectivity index (χ2v) is 7.84. The second kappa shape index (κ2) is 6.53. The van der Waals surface area contributed by atoms with Crippen molar-refractivity contribution in [3.05, 3.63) is 77.4 Å². The van der Waals surface area contributed by atoms with Gasteiger partial charge in [-0.2, -0.15) is 9.50 Å². The number of aromatic nitrogens is 3. The summed E-state index contributed by atoms with van der Waals surface area (Å²) in [5.74, 6) is 0.498. The molecule has 25 heavy (non-hydrogen) atoms. The fourth-order valence-corrected chi connectivity index (χ4v) is 4.23. The smallest absolute Gasteiger partial charge is 0.266 e. The summed E-state index contributed by atoms with van der Waals surface area (Å²) in [5, 5.41) is 5.31. The van der Waals surface area contributed by atoms with Crippen LogP contribution in [0.25, 0.3) is 22.4 Å². The molecule has 0 atom stereocenters. The van der Waals surface area contributed by atoms with Crippen molar-refractivity contribution in [2.45, 2.75) is 0 Å². The molecule has 0 unspecified atom stereocenters. The molecule has 0 spiro atoms. The molecular formula is C17H8BrCl2N3OS. The highest BCUT2D eigenvalue weighted by Gasteiger charge is 2.14. The molecule has 4 nitrogen and oxygen atoms in total. The molecular weight excluding hydrogens is 445 g/mol. The zero-order valence-electron chi connectivity index (χ0n) is 12.4. The molecule has 0 radical (unpaired) electrons. The molecule has 4 aromatic rings. The number of halogens is 3. The van der Waals surface area contributed by atoms with Gasteiger partial charge in [0.15, 0.2) is 5.82 Å². The van der Waals surface area contributed by atoms with Crippen LogP contribution in [0.15, 0.2) is 51.7 Å². The zero-order chi connectivity index (χ0) is 17.6. The van der Waals surface area contributed by atoms with Crippen LogP contribution in [0, 0.1) is 0 Å². The van der Waals surface area contributed by atoms with Crippen molar-refractivity contribution >= 4 is 61.5 Å². The maximum atomic E-state index is 12.6. The van der Waals surface area contributed by atoms with E-state index in [1.165, 1.54) is 15.9 Å². The van der Waals surface area contributed by atoms with Gasteiger partial charge in [0, 0.05) is 25.6 Å². The Labute approximate surface area is 164 Å². The molecule has 2 aromatic heterocycles. The maximum absolute atomic E-state index is 12.6. The van der Waals surface area contributed by atoms with E-state index in [1.54, 1.807) is 24.3 Å². The van der Waals surface area contributed by atoms with Gasteiger partial charge in [-0.15, -0.1) is 5.10 Å². The first-order chi connectivity index (χ1) is 12.0. The first kappa shape index (κ1) is 16.7. The Balaban J connectivity index is 1.88. The lowest BCUT2D eigenvalue weighted by molar-refractivity contribution is 0.936. The molecule has 2 heterocycles.